The number of carbonyl (C=O) groups is 1. The van der Waals surface area contributed by atoms with Gasteiger partial charge in [0.15, 0.2) is 0 Å². The summed E-state index contributed by atoms with van der Waals surface area (Å²) in [6.07, 6.45) is 2.35. The molecule has 1 amide bonds. The number of nitrogens with one attached hydrogen (secondary N) is 1. The van der Waals surface area contributed by atoms with Crippen molar-refractivity contribution in [3.8, 4) is 0 Å². The summed E-state index contributed by atoms with van der Waals surface area (Å²) in [5, 5.41) is 0. The van der Waals surface area contributed by atoms with Crippen LogP contribution in [0.5, 0.6) is 0 Å². The molecule has 0 aromatic heterocycles. The second-order valence-corrected chi connectivity index (χ2v) is 5.55. The van der Waals surface area contributed by atoms with Gasteiger partial charge in [-0.2, -0.15) is 0 Å². The van der Waals surface area contributed by atoms with Gasteiger partial charge < -0.3 is 0 Å². The van der Waals surface area contributed by atoms with Gasteiger partial charge in [0.05, 0.1) is 0 Å². The first-order chi connectivity index (χ1) is 9.13. The molecule has 0 spiro atoms. The maximum absolute atomic E-state index is 12.2. The summed E-state index contributed by atoms with van der Waals surface area (Å²) < 4.78 is 0. The highest BCUT2D eigenvalue weighted by Crippen LogP contribution is 2.30. The minimum atomic E-state index is -0.288. The molecule has 1 aromatic rings. The summed E-state index contributed by atoms with van der Waals surface area (Å²) in [6.45, 7) is 5.36. The van der Waals surface area contributed by atoms with Gasteiger partial charge in [0.2, 0.25) is 0 Å². The molecule has 0 radical (unpaired) electrons. The third-order valence-electron chi connectivity index (χ3n) is 4.00. The van der Waals surface area contributed by atoms with Crippen LogP contribution < -0.4 is 11.3 Å². The lowest BCUT2D eigenvalue weighted by Crippen LogP contribution is -2.50. The van der Waals surface area contributed by atoms with Crippen LogP contribution in [0, 0.1) is 5.92 Å². The van der Waals surface area contributed by atoms with Crippen LogP contribution in [0.1, 0.15) is 38.3 Å². The van der Waals surface area contributed by atoms with Crippen LogP contribution in [0.25, 0.3) is 0 Å². The molecule has 4 heteroatoms. The molecule has 3 atom stereocenters. The van der Waals surface area contributed by atoms with E-state index in [0.717, 1.165) is 18.5 Å². The molecule has 1 aliphatic rings. The van der Waals surface area contributed by atoms with Crippen LogP contribution in [0.15, 0.2) is 30.3 Å². The Morgan fingerprint density at radius 2 is 2.00 bits per heavy atom. The van der Waals surface area contributed by atoms with Gasteiger partial charge in [0.1, 0.15) is 6.04 Å². The number of likely N-dealkylation sites (tertiary alicyclic amines) is 1. The minimum Gasteiger partial charge on any atom is -0.293 e. The number of benzene rings is 1. The van der Waals surface area contributed by atoms with Crippen molar-refractivity contribution >= 4 is 5.91 Å². The Hall–Kier alpha value is -1.39. The summed E-state index contributed by atoms with van der Waals surface area (Å²) in [5.74, 6) is 5.86. The lowest BCUT2D eigenvalue weighted by molar-refractivity contribution is -0.128. The van der Waals surface area contributed by atoms with Crippen molar-refractivity contribution in [3.05, 3.63) is 35.9 Å². The summed E-state index contributed by atoms with van der Waals surface area (Å²) in [5.41, 5.74) is 3.32. The quantitative estimate of drug-likeness (QED) is 0.496. The largest absolute Gasteiger partial charge is 0.293 e. The normalized spacial score (nSPS) is 25.8. The van der Waals surface area contributed by atoms with Crippen LogP contribution in [-0.4, -0.2) is 23.4 Å². The molecule has 3 unspecified atom stereocenters. The topological polar surface area (TPSA) is 58.4 Å². The molecular formula is C15H23N3O. The average Bonchev–Trinajstić information content (AvgIpc) is 2.44. The van der Waals surface area contributed by atoms with Crippen LogP contribution in [0.4, 0.5) is 0 Å². The highest BCUT2D eigenvalue weighted by atomic mass is 16.2. The Bertz CT molecular complexity index is 421. The van der Waals surface area contributed by atoms with E-state index in [1.54, 1.807) is 0 Å². The van der Waals surface area contributed by atoms with E-state index in [4.69, 9.17) is 5.84 Å². The fourth-order valence-corrected chi connectivity index (χ4v) is 2.89. The number of piperidine rings is 1. The first kappa shape index (κ1) is 14.0. The van der Waals surface area contributed by atoms with Gasteiger partial charge >= 0.3 is 0 Å². The summed E-state index contributed by atoms with van der Waals surface area (Å²) in [6, 6.07) is 9.98. The van der Waals surface area contributed by atoms with E-state index in [-0.39, 0.29) is 11.9 Å². The zero-order valence-electron chi connectivity index (χ0n) is 11.7. The molecule has 3 N–H and O–H groups in total. The molecule has 1 saturated heterocycles. The monoisotopic (exact) mass is 261 g/mol. The molecule has 104 valence electrons. The zero-order chi connectivity index (χ0) is 13.8. The predicted octanol–water partition coefficient (Wildman–Crippen LogP) is 1.84. The number of hydrogen-bond acceptors (Lipinski definition) is 3. The lowest BCUT2D eigenvalue weighted by Gasteiger charge is -2.41. The maximum Gasteiger partial charge on any atom is 0.255 e. The molecule has 1 fully saturated rings. The number of nitrogens with zero attached hydrogens (tertiary/aromatic N) is 1. The minimum absolute atomic E-state index is 0.132. The average molecular weight is 261 g/mol. The number of nitrogens with two attached hydrogens (primary N) is 1. The molecule has 1 aliphatic heterocycles. The van der Waals surface area contributed by atoms with Crippen molar-refractivity contribution in [2.75, 3.05) is 6.54 Å². The summed E-state index contributed by atoms with van der Waals surface area (Å²) in [7, 11) is 0. The van der Waals surface area contributed by atoms with E-state index in [9.17, 15) is 4.79 Å². The van der Waals surface area contributed by atoms with E-state index < -0.39 is 0 Å². The summed E-state index contributed by atoms with van der Waals surface area (Å²) >= 11 is 0. The fraction of sp³-hybridized carbons (Fsp3) is 0.533. The van der Waals surface area contributed by atoms with Gasteiger partial charge in [-0.25, -0.2) is 5.84 Å². The highest BCUT2D eigenvalue weighted by molar-refractivity contribution is 5.82. The smallest absolute Gasteiger partial charge is 0.255 e. The van der Waals surface area contributed by atoms with E-state index in [0.29, 0.717) is 12.0 Å². The molecular weight excluding hydrogens is 238 g/mol. The summed E-state index contributed by atoms with van der Waals surface area (Å²) in [4.78, 5) is 14.5. The number of carbonyl (C=O) groups excluding carboxylic acids is 1. The maximum atomic E-state index is 12.2. The second-order valence-electron chi connectivity index (χ2n) is 5.55. The first-order valence-corrected chi connectivity index (χ1v) is 6.94. The Labute approximate surface area is 114 Å². The van der Waals surface area contributed by atoms with Crippen molar-refractivity contribution in [3.63, 3.8) is 0 Å². The number of amides is 1. The van der Waals surface area contributed by atoms with Crippen molar-refractivity contribution in [1.29, 1.82) is 0 Å². The van der Waals surface area contributed by atoms with Gasteiger partial charge in [-0.1, -0.05) is 37.3 Å². The highest BCUT2D eigenvalue weighted by Gasteiger charge is 2.33. The number of hydrogen-bond donors (Lipinski definition) is 2. The van der Waals surface area contributed by atoms with Crippen LogP contribution in [0.2, 0.25) is 0 Å². The van der Waals surface area contributed by atoms with Crippen LogP contribution >= 0.6 is 0 Å². The van der Waals surface area contributed by atoms with E-state index in [2.05, 4.69) is 24.2 Å². The first-order valence-electron chi connectivity index (χ1n) is 6.94. The molecule has 1 aromatic carbocycles. The van der Waals surface area contributed by atoms with Gasteiger partial charge in [0, 0.05) is 12.6 Å². The second kappa shape index (κ2) is 6.17. The van der Waals surface area contributed by atoms with Gasteiger partial charge in [-0.05, 0) is 31.2 Å². The van der Waals surface area contributed by atoms with E-state index in [1.807, 2.05) is 30.3 Å². The molecule has 2 rings (SSSR count). The Morgan fingerprint density at radius 3 is 2.63 bits per heavy atom. The molecule has 1 heterocycles. The van der Waals surface area contributed by atoms with Crippen molar-refractivity contribution in [1.82, 2.24) is 10.3 Å². The molecule has 0 bridgehead atoms. The standard InChI is InChI=1S/C15H23N3O/c1-11-8-9-12(2)18(10-11)14(15(19)17-16)13-6-4-3-5-7-13/h3-7,11-12,14H,8-10,16H2,1-2H3,(H,17,19). The fourth-order valence-electron chi connectivity index (χ4n) is 2.89. The Balaban J connectivity index is 2.29. The van der Waals surface area contributed by atoms with Crippen molar-refractivity contribution in [2.45, 2.75) is 38.8 Å². The van der Waals surface area contributed by atoms with Gasteiger partial charge in [0.25, 0.3) is 5.91 Å². The number of rotatable bonds is 3. The van der Waals surface area contributed by atoms with Crippen LogP contribution in [0.3, 0.4) is 0 Å². The van der Waals surface area contributed by atoms with Crippen molar-refractivity contribution < 1.29 is 4.79 Å². The third-order valence-corrected chi connectivity index (χ3v) is 4.00. The molecule has 0 saturated carbocycles. The van der Waals surface area contributed by atoms with E-state index in [1.165, 1.54) is 6.42 Å². The predicted molar refractivity (Wildman–Crippen MR) is 76.1 cm³/mol. The van der Waals surface area contributed by atoms with Gasteiger partial charge in [-0.3, -0.25) is 15.1 Å². The van der Waals surface area contributed by atoms with Crippen LogP contribution in [-0.2, 0) is 4.79 Å². The Kier molecular flexibility index (Phi) is 4.56. The van der Waals surface area contributed by atoms with Crippen molar-refractivity contribution in [2.24, 2.45) is 11.8 Å². The zero-order valence-corrected chi connectivity index (χ0v) is 11.7. The van der Waals surface area contributed by atoms with Gasteiger partial charge in [-0.15, -0.1) is 0 Å². The lowest BCUT2D eigenvalue weighted by atomic mass is 9.91. The number of hydrazine groups is 1. The molecule has 0 aliphatic carbocycles. The Morgan fingerprint density at radius 1 is 1.32 bits per heavy atom. The molecule has 4 nitrogen and oxygen atoms in total. The SMILES string of the molecule is CC1CCC(C)N(C(C(=O)NN)c2ccccc2)C1. The van der Waals surface area contributed by atoms with E-state index >= 15 is 0 Å². The third kappa shape index (κ3) is 3.14. The molecule has 19 heavy (non-hydrogen) atoms.